The fraction of sp³-hybridized carbons (Fsp3) is 0.391. The van der Waals surface area contributed by atoms with Crippen LogP contribution in [0.5, 0.6) is 0 Å². The number of hydrogen-bond donors (Lipinski definition) is 3. The highest BCUT2D eigenvalue weighted by molar-refractivity contribution is 6.41. The number of nitrogens with one attached hydrogen (secondary N) is 1. The van der Waals surface area contributed by atoms with Gasteiger partial charge in [-0.1, -0.05) is 75.7 Å². The Morgan fingerprint density at radius 2 is 1.63 bits per heavy atom. The van der Waals surface area contributed by atoms with Crippen molar-refractivity contribution in [3.8, 4) is 0 Å². The molecule has 0 aliphatic heterocycles. The number of hydrogen-bond acceptors (Lipinski definition) is 3. The lowest BCUT2D eigenvalue weighted by Gasteiger charge is -2.23. The van der Waals surface area contributed by atoms with Crippen molar-refractivity contribution in [1.29, 1.82) is 0 Å². The number of aliphatic hydroxyl groups excluding tert-OH is 2. The molecule has 3 aromatic carbocycles. The molecule has 0 fully saturated rings. The third-order valence-corrected chi connectivity index (χ3v) is 5.66. The maximum absolute atomic E-state index is 10.2. The quantitative estimate of drug-likeness (QED) is 0.429. The highest BCUT2D eigenvalue weighted by atomic mass is 35.5. The van der Waals surface area contributed by atoms with E-state index >= 15 is 0 Å². The molecule has 0 amide bonds. The van der Waals surface area contributed by atoms with E-state index in [1.807, 2.05) is 25.1 Å². The van der Waals surface area contributed by atoms with Gasteiger partial charge in [-0.25, -0.2) is 0 Å². The SMILES string of the molecule is CC(CO)C(O)NCc1c2ccccc2c(Cl)c2cc(C(C)(C)C)ccc12. The average molecular weight is 386 g/mol. The van der Waals surface area contributed by atoms with Crippen molar-refractivity contribution in [2.75, 3.05) is 6.61 Å². The monoisotopic (exact) mass is 385 g/mol. The van der Waals surface area contributed by atoms with Gasteiger partial charge >= 0.3 is 0 Å². The smallest absolute Gasteiger partial charge is 0.109 e. The standard InChI is InChI=1S/C23H28ClNO2/c1-14(13-26)22(27)25-12-20-16-7-5-6-8-18(16)21(24)19-11-15(23(2,3)4)9-10-17(19)20/h5-11,14,22,25-27H,12-13H2,1-4H3. The lowest BCUT2D eigenvalue weighted by molar-refractivity contribution is 0.0496. The summed E-state index contributed by atoms with van der Waals surface area (Å²) in [6.45, 7) is 8.82. The lowest BCUT2D eigenvalue weighted by Crippen LogP contribution is -2.35. The Kier molecular flexibility index (Phi) is 5.78. The number of fused-ring (bicyclic) bond motifs is 2. The summed E-state index contributed by atoms with van der Waals surface area (Å²) in [7, 11) is 0. The van der Waals surface area contributed by atoms with Crippen LogP contribution in [0.15, 0.2) is 42.5 Å². The summed E-state index contributed by atoms with van der Waals surface area (Å²) in [5.41, 5.74) is 2.38. The van der Waals surface area contributed by atoms with E-state index in [9.17, 15) is 10.2 Å². The average Bonchev–Trinajstić information content (AvgIpc) is 2.66. The topological polar surface area (TPSA) is 52.5 Å². The van der Waals surface area contributed by atoms with E-state index in [0.29, 0.717) is 6.54 Å². The molecule has 0 aromatic heterocycles. The Hall–Kier alpha value is -1.65. The van der Waals surface area contributed by atoms with Crippen molar-refractivity contribution < 1.29 is 10.2 Å². The molecule has 0 spiro atoms. The molecule has 3 aromatic rings. The van der Waals surface area contributed by atoms with Crippen LogP contribution in [0.4, 0.5) is 0 Å². The molecule has 0 bridgehead atoms. The first-order chi connectivity index (χ1) is 12.7. The van der Waals surface area contributed by atoms with E-state index in [-0.39, 0.29) is 17.9 Å². The van der Waals surface area contributed by atoms with Crippen molar-refractivity contribution in [2.45, 2.75) is 45.9 Å². The zero-order chi connectivity index (χ0) is 19.8. The predicted octanol–water partition coefficient (Wildman–Crippen LogP) is 4.98. The Balaban J connectivity index is 2.18. The Morgan fingerprint density at radius 3 is 2.26 bits per heavy atom. The van der Waals surface area contributed by atoms with Crippen LogP contribution >= 0.6 is 11.6 Å². The maximum Gasteiger partial charge on any atom is 0.109 e. The van der Waals surface area contributed by atoms with Gasteiger partial charge in [0.15, 0.2) is 0 Å². The van der Waals surface area contributed by atoms with Crippen LogP contribution in [-0.2, 0) is 12.0 Å². The molecular formula is C23H28ClNO2. The van der Waals surface area contributed by atoms with Gasteiger partial charge < -0.3 is 10.2 Å². The Morgan fingerprint density at radius 1 is 1.00 bits per heavy atom. The van der Waals surface area contributed by atoms with Gasteiger partial charge in [0.1, 0.15) is 6.23 Å². The minimum atomic E-state index is -0.770. The molecule has 0 saturated heterocycles. The van der Waals surface area contributed by atoms with Gasteiger partial charge in [-0.3, -0.25) is 5.32 Å². The highest BCUT2D eigenvalue weighted by Gasteiger charge is 2.19. The molecule has 0 heterocycles. The fourth-order valence-corrected chi connectivity index (χ4v) is 3.70. The largest absolute Gasteiger partial charge is 0.396 e. The Bertz CT molecular complexity index is 962. The first-order valence-electron chi connectivity index (χ1n) is 9.39. The van der Waals surface area contributed by atoms with E-state index in [0.717, 1.165) is 32.1 Å². The van der Waals surface area contributed by atoms with Crippen molar-refractivity contribution in [2.24, 2.45) is 5.92 Å². The molecular weight excluding hydrogens is 358 g/mol. The molecule has 2 unspecified atom stereocenters. The number of benzene rings is 3. The summed E-state index contributed by atoms with van der Waals surface area (Å²) in [4.78, 5) is 0. The van der Waals surface area contributed by atoms with Crippen LogP contribution in [0.25, 0.3) is 21.5 Å². The van der Waals surface area contributed by atoms with E-state index in [4.69, 9.17) is 11.6 Å². The molecule has 3 nitrogen and oxygen atoms in total. The van der Waals surface area contributed by atoms with Crippen LogP contribution in [0.1, 0.15) is 38.8 Å². The lowest BCUT2D eigenvalue weighted by atomic mass is 9.84. The first kappa shape index (κ1) is 20.1. The van der Waals surface area contributed by atoms with Gasteiger partial charge in [0.05, 0.1) is 5.02 Å². The van der Waals surface area contributed by atoms with Crippen molar-refractivity contribution in [1.82, 2.24) is 5.32 Å². The second-order valence-corrected chi connectivity index (χ2v) is 8.71. The maximum atomic E-state index is 10.2. The summed E-state index contributed by atoms with van der Waals surface area (Å²) in [6.07, 6.45) is -0.770. The van der Waals surface area contributed by atoms with E-state index in [1.165, 1.54) is 5.56 Å². The van der Waals surface area contributed by atoms with Gasteiger partial charge in [0, 0.05) is 29.8 Å². The van der Waals surface area contributed by atoms with Crippen LogP contribution < -0.4 is 5.32 Å². The second kappa shape index (κ2) is 7.76. The van der Waals surface area contributed by atoms with Crippen LogP contribution in [0.3, 0.4) is 0 Å². The van der Waals surface area contributed by atoms with E-state index < -0.39 is 6.23 Å². The van der Waals surface area contributed by atoms with Gasteiger partial charge in [0.2, 0.25) is 0 Å². The van der Waals surface area contributed by atoms with Gasteiger partial charge in [0.25, 0.3) is 0 Å². The van der Waals surface area contributed by atoms with Gasteiger partial charge in [-0.05, 0) is 33.4 Å². The molecule has 3 N–H and O–H groups in total. The van der Waals surface area contributed by atoms with Crippen LogP contribution in [0.2, 0.25) is 5.02 Å². The van der Waals surface area contributed by atoms with Crippen molar-refractivity contribution in [3.63, 3.8) is 0 Å². The normalized spacial score (nSPS) is 14.6. The third kappa shape index (κ3) is 3.97. The van der Waals surface area contributed by atoms with Gasteiger partial charge in [-0.2, -0.15) is 0 Å². The minimum Gasteiger partial charge on any atom is -0.396 e. The van der Waals surface area contributed by atoms with Crippen molar-refractivity contribution in [3.05, 3.63) is 58.6 Å². The summed E-state index contributed by atoms with van der Waals surface area (Å²) in [5.74, 6) is -0.234. The number of aliphatic hydroxyl groups is 2. The zero-order valence-corrected chi connectivity index (χ0v) is 17.1. The van der Waals surface area contributed by atoms with Crippen LogP contribution in [-0.4, -0.2) is 23.0 Å². The van der Waals surface area contributed by atoms with Gasteiger partial charge in [-0.15, -0.1) is 0 Å². The summed E-state index contributed by atoms with van der Waals surface area (Å²) in [6, 6.07) is 14.6. The summed E-state index contributed by atoms with van der Waals surface area (Å²) in [5, 5.41) is 27.6. The number of halogens is 1. The zero-order valence-electron chi connectivity index (χ0n) is 16.4. The second-order valence-electron chi connectivity index (χ2n) is 8.33. The molecule has 27 heavy (non-hydrogen) atoms. The molecule has 0 saturated carbocycles. The molecule has 3 rings (SSSR count). The Labute approximate surface area is 166 Å². The molecule has 2 atom stereocenters. The summed E-state index contributed by atoms with van der Waals surface area (Å²) >= 11 is 6.80. The van der Waals surface area contributed by atoms with E-state index in [1.54, 1.807) is 0 Å². The van der Waals surface area contributed by atoms with E-state index in [2.05, 4.69) is 50.4 Å². The first-order valence-corrected chi connectivity index (χ1v) is 9.77. The van der Waals surface area contributed by atoms with Crippen molar-refractivity contribution >= 4 is 33.1 Å². The summed E-state index contributed by atoms with van der Waals surface area (Å²) < 4.78 is 0. The molecule has 0 aliphatic rings. The molecule has 144 valence electrons. The fourth-order valence-electron chi connectivity index (χ4n) is 3.38. The minimum absolute atomic E-state index is 0.0360. The third-order valence-electron chi connectivity index (χ3n) is 5.25. The number of rotatable bonds is 5. The predicted molar refractivity (Wildman–Crippen MR) is 114 cm³/mol. The highest BCUT2D eigenvalue weighted by Crippen LogP contribution is 2.38. The molecule has 0 radical (unpaired) electrons. The molecule has 4 heteroatoms. The van der Waals surface area contributed by atoms with Crippen LogP contribution in [0, 0.1) is 5.92 Å². The molecule has 0 aliphatic carbocycles.